The van der Waals surface area contributed by atoms with Crippen LogP contribution in [0.2, 0.25) is 0 Å². The third kappa shape index (κ3) is 4.17. The summed E-state index contributed by atoms with van der Waals surface area (Å²) >= 11 is 0. The number of anilines is 1. The minimum absolute atomic E-state index is 0.437. The summed E-state index contributed by atoms with van der Waals surface area (Å²) in [6, 6.07) is 16.0. The van der Waals surface area contributed by atoms with Crippen LogP contribution in [0.25, 0.3) is 11.3 Å². The van der Waals surface area contributed by atoms with Gasteiger partial charge in [0.05, 0.1) is 11.3 Å². The fraction of sp³-hybridized carbons (Fsp3) is 0.143. The highest BCUT2D eigenvalue weighted by atomic mass is 16.5. The van der Waals surface area contributed by atoms with Crippen LogP contribution < -0.4 is 5.73 Å². The van der Waals surface area contributed by atoms with Crippen molar-refractivity contribution < 1.29 is 4.52 Å². The highest BCUT2D eigenvalue weighted by Crippen LogP contribution is 2.25. The van der Waals surface area contributed by atoms with E-state index in [-0.39, 0.29) is 0 Å². The van der Waals surface area contributed by atoms with Crippen molar-refractivity contribution in [2.45, 2.75) is 19.3 Å². The van der Waals surface area contributed by atoms with E-state index < -0.39 is 0 Å². The number of aromatic nitrogens is 4. The van der Waals surface area contributed by atoms with Gasteiger partial charge in [-0.25, -0.2) is 15.0 Å². The molecule has 2 N–H and O–H groups in total. The Morgan fingerprint density at radius 3 is 2.33 bits per heavy atom. The van der Waals surface area contributed by atoms with Crippen molar-refractivity contribution in [2.75, 3.05) is 5.73 Å². The molecule has 6 heteroatoms. The number of hydrogen-bond acceptors (Lipinski definition) is 6. The molecule has 0 fully saturated rings. The van der Waals surface area contributed by atoms with Gasteiger partial charge in [0, 0.05) is 37.5 Å². The molecular formula is C21H19N5O. The Morgan fingerprint density at radius 2 is 1.56 bits per heavy atom. The quantitative estimate of drug-likeness (QED) is 0.568. The zero-order valence-electron chi connectivity index (χ0n) is 14.7. The first-order valence-corrected chi connectivity index (χ1v) is 8.78. The van der Waals surface area contributed by atoms with Crippen LogP contribution in [-0.2, 0) is 19.3 Å². The predicted octanol–water partition coefficient (Wildman–Crippen LogP) is 3.48. The first-order valence-electron chi connectivity index (χ1n) is 8.78. The Labute approximate surface area is 157 Å². The van der Waals surface area contributed by atoms with Gasteiger partial charge in [-0.1, -0.05) is 29.4 Å². The number of aryl methyl sites for hydroxylation is 2. The van der Waals surface area contributed by atoms with Crippen LogP contribution in [0.5, 0.6) is 0 Å². The Bertz CT molecular complexity index is 1010. The number of nitrogen functional groups attached to an aromatic ring is 1. The second-order valence-corrected chi connectivity index (χ2v) is 6.28. The molecular weight excluding hydrogens is 338 g/mol. The van der Waals surface area contributed by atoms with Gasteiger partial charge >= 0.3 is 0 Å². The van der Waals surface area contributed by atoms with Crippen LogP contribution in [0, 0.1) is 0 Å². The number of benzene rings is 1. The molecule has 27 heavy (non-hydrogen) atoms. The summed E-state index contributed by atoms with van der Waals surface area (Å²) in [4.78, 5) is 12.6. The Kier molecular flexibility index (Phi) is 4.87. The molecule has 0 atom stereocenters. The lowest BCUT2D eigenvalue weighted by Gasteiger charge is -2.03. The second-order valence-electron chi connectivity index (χ2n) is 6.28. The Morgan fingerprint density at radius 1 is 0.815 bits per heavy atom. The summed E-state index contributed by atoms with van der Waals surface area (Å²) in [5, 5.41) is 4.15. The fourth-order valence-electron chi connectivity index (χ4n) is 2.90. The van der Waals surface area contributed by atoms with Gasteiger partial charge in [-0.2, -0.15) is 0 Å². The summed E-state index contributed by atoms with van der Waals surface area (Å²) < 4.78 is 5.43. The van der Waals surface area contributed by atoms with E-state index in [0.717, 1.165) is 29.9 Å². The van der Waals surface area contributed by atoms with Gasteiger partial charge in [-0.3, -0.25) is 0 Å². The normalized spacial score (nSPS) is 10.8. The molecule has 0 unspecified atom stereocenters. The summed E-state index contributed by atoms with van der Waals surface area (Å²) in [5.41, 5.74) is 9.95. The van der Waals surface area contributed by atoms with Crippen LogP contribution in [0.1, 0.15) is 22.6 Å². The monoisotopic (exact) mass is 357 g/mol. The van der Waals surface area contributed by atoms with Crippen molar-refractivity contribution in [1.29, 1.82) is 0 Å². The van der Waals surface area contributed by atoms with Crippen LogP contribution >= 0.6 is 0 Å². The van der Waals surface area contributed by atoms with Crippen molar-refractivity contribution in [2.24, 2.45) is 0 Å². The van der Waals surface area contributed by atoms with Crippen molar-refractivity contribution in [3.63, 3.8) is 0 Å². The summed E-state index contributed by atoms with van der Waals surface area (Å²) in [6.45, 7) is 0. The molecule has 3 aromatic heterocycles. The molecule has 4 aromatic rings. The van der Waals surface area contributed by atoms with E-state index in [0.29, 0.717) is 18.0 Å². The number of nitrogens with two attached hydrogens (primary N) is 1. The topological polar surface area (TPSA) is 90.7 Å². The fourth-order valence-corrected chi connectivity index (χ4v) is 2.90. The standard InChI is InChI=1S/C21H19N5O/c22-21-18(3-1-10-25-21)19-14-17(26-27-19)13-16-6-4-15(5-7-16)8-9-20-23-11-2-12-24-20/h1-7,10-12,14H,8-9,13H2,(H2,22,25). The van der Waals surface area contributed by atoms with E-state index in [1.165, 1.54) is 11.1 Å². The average molecular weight is 357 g/mol. The Hall–Kier alpha value is -3.54. The third-order valence-corrected chi connectivity index (χ3v) is 4.33. The zero-order valence-corrected chi connectivity index (χ0v) is 14.7. The SMILES string of the molecule is Nc1ncccc1-c1cc(Cc2ccc(CCc3ncccn3)cc2)no1. The minimum atomic E-state index is 0.437. The third-order valence-electron chi connectivity index (χ3n) is 4.33. The maximum Gasteiger partial charge on any atom is 0.170 e. The first kappa shape index (κ1) is 16.9. The van der Waals surface area contributed by atoms with Crippen molar-refractivity contribution in [3.8, 4) is 11.3 Å². The molecule has 4 rings (SSSR count). The Balaban J connectivity index is 1.39. The maximum atomic E-state index is 5.89. The molecule has 0 radical (unpaired) electrons. The molecule has 134 valence electrons. The van der Waals surface area contributed by atoms with Gasteiger partial charge in [0.1, 0.15) is 11.6 Å². The molecule has 3 heterocycles. The van der Waals surface area contributed by atoms with Gasteiger partial charge in [-0.05, 0) is 35.7 Å². The van der Waals surface area contributed by atoms with Gasteiger partial charge in [0.25, 0.3) is 0 Å². The number of pyridine rings is 1. The van der Waals surface area contributed by atoms with Gasteiger partial charge < -0.3 is 10.3 Å². The first-order chi connectivity index (χ1) is 13.3. The number of hydrogen-bond donors (Lipinski definition) is 1. The zero-order chi connectivity index (χ0) is 18.5. The molecule has 0 aliphatic heterocycles. The van der Waals surface area contributed by atoms with E-state index in [1.807, 2.05) is 24.3 Å². The van der Waals surface area contributed by atoms with E-state index in [1.54, 1.807) is 18.6 Å². The van der Waals surface area contributed by atoms with E-state index in [4.69, 9.17) is 10.3 Å². The van der Waals surface area contributed by atoms with Crippen molar-refractivity contribution >= 4 is 5.82 Å². The number of rotatable bonds is 6. The lowest BCUT2D eigenvalue weighted by molar-refractivity contribution is 0.425. The molecule has 0 spiro atoms. The molecule has 1 aromatic carbocycles. The molecule has 0 bridgehead atoms. The maximum absolute atomic E-state index is 5.89. The average Bonchev–Trinajstić information content (AvgIpc) is 3.17. The predicted molar refractivity (Wildman–Crippen MR) is 103 cm³/mol. The second kappa shape index (κ2) is 7.78. The van der Waals surface area contributed by atoms with Crippen LogP contribution in [0.15, 0.2) is 71.6 Å². The summed E-state index contributed by atoms with van der Waals surface area (Å²) in [6.07, 6.45) is 7.65. The van der Waals surface area contributed by atoms with Crippen molar-refractivity contribution in [3.05, 3.63) is 89.8 Å². The highest BCUT2D eigenvalue weighted by Gasteiger charge is 2.10. The summed E-state index contributed by atoms with van der Waals surface area (Å²) in [5.74, 6) is 1.94. The largest absolute Gasteiger partial charge is 0.383 e. The molecule has 0 aliphatic rings. The lowest BCUT2D eigenvalue weighted by Crippen LogP contribution is -1.97. The summed E-state index contributed by atoms with van der Waals surface area (Å²) in [7, 11) is 0. The molecule has 0 saturated carbocycles. The number of nitrogens with zero attached hydrogens (tertiary/aromatic N) is 4. The van der Waals surface area contributed by atoms with Gasteiger partial charge in [0.15, 0.2) is 5.76 Å². The molecule has 6 nitrogen and oxygen atoms in total. The van der Waals surface area contributed by atoms with E-state index in [2.05, 4.69) is 44.4 Å². The van der Waals surface area contributed by atoms with E-state index in [9.17, 15) is 0 Å². The molecule has 0 amide bonds. The van der Waals surface area contributed by atoms with Crippen LogP contribution in [-0.4, -0.2) is 20.1 Å². The van der Waals surface area contributed by atoms with Crippen molar-refractivity contribution in [1.82, 2.24) is 20.1 Å². The molecule has 0 saturated heterocycles. The van der Waals surface area contributed by atoms with Crippen LogP contribution in [0.4, 0.5) is 5.82 Å². The lowest BCUT2D eigenvalue weighted by atomic mass is 10.0. The van der Waals surface area contributed by atoms with Gasteiger partial charge in [-0.15, -0.1) is 0 Å². The molecule has 0 aliphatic carbocycles. The van der Waals surface area contributed by atoms with E-state index >= 15 is 0 Å². The van der Waals surface area contributed by atoms with Crippen LogP contribution in [0.3, 0.4) is 0 Å². The smallest absolute Gasteiger partial charge is 0.170 e. The van der Waals surface area contributed by atoms with Gasteiger partial charge in [0.2, 0.25) is 0 Å². The minimum Gasteiger partial charge on any atom is -0.383 e. The highest BCUT2D eigenvalue weighted by molar-refractivity contribution is 5.69.